The molecule has 0 saturated heterocycles. The van der Waals surface area contributed by atoms with E-state index in [2.05, 4.69) is 32.5 Å². The molecule has 0 nitrogen and oxygen atoms in total. The molecule has 1 heteroatoms. The topological polar surface area (TPSA) is 0 Å². The first-order valence-electron chi connectivity index (χ1n) is 6.05. The van der Waals surface area contributed by atoms with Gasteiger partial charge in [0.1, 0.15) is 0 Å². The molecule has 0 unspecified atom stereocenters. The van der Waals surface area contributed by atoms with E-state index >= 15 is 0 Å². The summed E-state index contributed by atoms with van der Waals surface area (Å²) in [6.07, 6.45) is 10.1. The molecule has 0 aliphatic heterocycles. The van der Waals surface area contributed by atoms with Crippen molar-refractivity contribution in [3.05, 3.63) is 5.92 Å². The third-order valence-electron chi connectivity index (χ3n) is 2.77. The minimum atomic E-state index is 0.440. The van der Waals surface area contributed by atoms with E-state index in [1.807, 2.05) is 5.92 Å². The van der Waals surface area contributed by atoms with E-state index in [1.54, 1.807) is 0 Å². The second-order valence-electron chi connectivity index (χ2n) is 5.42. The first-order chi connectivity index (χ1) is 6.58. The molecule has 0 N–H and O–H groups in total. The molecule has 0 spiro atoms. The lowest BCUT2D eigenvalue weighted by atomic mass is 9.93. The van der Waals surface area contributed by atoms with Crippen LogP contribution in [0.1, 0.15) is 65.7 Å². The summed E-state index contributed by atoms with van der Waals surface area (Å²) in [6.45, 7) is 6.96. The SMILES string of the molecule is CC(C)(C)SC[C]1CCCCCCC1. The van der Waals surface area contributed by atoms with E-state index in [0.717, 1.165) is 0 Å². The quantitative estimate of drug-likeness (QED) is 0.632. The van der Waals surface area contributed by atoms with Crippen LogP contribution in [-0.4, -0.2) is 10.5 Å². The molecule has 1 aliphatic carbocycles. The van der Waals surface area contributed by atoms with Crippen molar-refractivity contribution in [2.75, 3.05) is 5.75 Å². The van der Waals surface area contributed by atoms with Crippen molar-refractivity contribution in [2.24, 2.45) is 0 Å². The van der Waals surface area contributed by atoms with Gasteiger partial charge in [0, 0.05) is 10.5 Å². The van der Waals surface area contributed by atoms with Gasteiger partial charge >= 0.3 is 0 Å². The molecule has 0 aromatic rings. The van der Waals surface area contributed by atoms with Crippen LogP contribution in [0.25, 0.3) is 0 Å². The zero-order chi connectivity index (χ0) is 10.4. The summed E-state index contributed by atoms with van der Waals surface area (Å²) in [6, 6.07) is 0. The first-order valence-corrected chi connectivity index (χ1v) is 7.04. The lowest BCUT2D eigenvalue weighted by Gasteiger charge is -2.23. The fourth-order valence-electron chi connectivity index (χ4n) is 1.87. The van der Waals surface area contributed by atoms with Gasteiger partial charge in [0.25, 0.3) is 0 Å². The number of rotatable bonds is 2. The van der Waals surface area contributed by atoms with Crippen molar-refractivity contribution < 1.29 is 0 Å². The maximum absolute atomic E-state index is 2.32. The van der Waals surface area contributed by atoms with E-state index in [0.29, 0.717) is 4.75 Å². The minimum Gasteiger partial charge on any atom is -0.155 e. The molecule has 14 heavy (non-hydrogen) atoms. The molecule has 0 aromatic carbocycles. The molecule has 0 bridgehead atoms. The van der Waals surface area contributed by atoms with Gasteiger partial charge in [-0.05, 0) is 18.8 Å². The average molecular weight is 213 g/mol. The molecular formula is C13H25S. The Morgan fingerprint density at radius 1 is 0.929 bits per heavy atom. The summed E-state index contributed by atoms with van der Waals surface area (Å²) in [4.78, 5) is 0. The lowest BCUT2D eigenvalue weighted by molar-refractivity contribution is 0.531. The van der Waals surface area contributed by atoms with E-state index in [4.69, 9.17) is 0 Å². The molecule has 0 aromatic heterocycles. The second kappa shape index (κ2) is 6.05. The molecule has 0 amide bonds. The van der Waals surface area contributed by atoms with E-state index in [-0.39, 0.29) is 0 Å². The van der Waals surface area contributed by atoms with E-state index < -0.39 is 0 Å². The summed E-state index contributed by atoms with van der Waals surface area (Å²) in [5.41, 5.74) is 0. The number of thioether (sulfide) groups is 1. The molecule has 83 valence electrons. The standard InChI is InChI=1S/C13H25S/c1-13(2,3)14-11-12-9-7-5-4-6-8-10-12/h4-11H2,1-3H3. The normalized spacial score (nSPS) is 21.6. The number of hydrogen-bond acceptors (Lipinski definition) is 1. The van der Waals surface area contributed by atoms with Crippen LogP contribution in [0, 0.1) is 5.92 Å². The Labute approximate surface area is 94.2 Å². The highest BCUT2D eigenvalue weighted by Crippen LogP contribution is 2.32. The molecule has 1 aliphatic rings. The summed E-state index contributed by atoms with van der Waals surface area (Å²) in [7, 11) is 0. The van der Waals surface area contributed by atoms with Gasteiger partial charge < -0.3 is 0 Å². The molecular weight excluding hydrogens is 188 g/mol. The summed E-state index contributed by atoms with van der Waals surface area (Å²) in [5.74, 6) is 3.13. The third-order valence-corrected chi connectivity index (χ3v) is 4.19. The maximum atomic E-state index is 2.32. The molecule has 1 fully saturated rings. The van der Waals surface area contributed by atoms with Gasteiger partial charge in [-0.2, -0.15) is 11.8 Å². The summed E-state index contributed by atoms with van der Waals surface area (Å²) < 4.78 is 0.440. The zero-order valence-corrected chi connectivity index (χ0v) is 10.9. The van der Waals surface area contributed by atoms with Gasteiger partial charge in [0.05, 0.1) is 0 Å². The van der Waals surface area contributed by atoms with Gasteiger partial charge in [-0.3, -0.25) is 0 Å². The minimum absolute atomic E-state index is 0.440. The first kappa shape index (κ1) is 12.4. The van der Waals surface area contributed by atoms with Crippen LogP contribution in [0.4, 0.5) is 0 Å². The fourth-order valence-corrected chi connectivity index (χ4v) is 2.79. The van der Waals surface area contributed by atoms with Crippen LogP contribution >= 0.6 is 11.8 Å². The van der Waals surface area contributed by atoms with Gasteiger partial charge in [-0.15, -0.1) is 0 Å². The fraction of sp³-hybridized carbons (Fsp3) is 0.923. The molecule has 1 rings (SSSR count). The van der Waals surface area contributed by atoms with Crippen molar-refractivity contribution in [3.63, 3.8) is 0 Å². The predicted molar refractivity (Wildman–Crippen MR) is 67.8 cm³/mol. The van der Waals surface area contributed by atoms with Gasteiger partial charge in [0.15, 0.2) is 0 Å². The Hall–Kier alpha value is 0.350. The van der Waals surface area contributed by atoms with Gasteiger partial charge in [-0.25, -0.2) is 0 Å². The highest BCUT2D eigenvalue weighted by Gasteiger charge is 2.16. The van der Waals surface area contributed by atoms with Crippen LogP contribution in [0.2, 0.25) is 0 Å². The smallest absolute Gasteiger partial charge is 0.00753 e. The second-order valence-corrected chi connectivity index (χ2v) is 7.22. The Morgan fingerprint density at radius 3 is 1.93 bits per heavy atom. The van der Waals surface area contributed by atoms with Crippen LogP contribution in [0.3, 0.4) is 0 Å². The Morgan fingerprint density at radius 2 is 1.43 bits per heavy atom. The summed E-state index contributed by atoms with van der Waals surface area (Å²) >= 11 is 2.12. The maximum Gasteiger partial charge on any atom is 0.00753 e. The highest BCUT2D eigenvalue weighted by atomic mass is 32.2. The van der Waals surface area contributed by atoms with Crippen molar-refractivity contribution in [2.45, 2.75) is 70.5 Å². The van der Waals surface area contributed by atoms with Crippen molar-refractivity contribution in [1.29, 1.82) is 0 Å². The van der Waals surface area contributed by atoms with Crippen molar-refractivity contribution in [1.82, 2.24) is 0 Å². The summed E-state index contributed by atoms with van der Waals surface area (Å²) in [5, 5.41) is 0. The van der Waals surface area contributed by atoms with Gasteiger partial charge in [-0.1, -0.05) is 52.9 Å². The van der Waals surface area contributed by atoms with Crippen LogP contribution in [0.5, 0.6) is 0 Å². The van der Waals surface area contributed by atoms with Crippen molar-refractivity contribution >= 4 is 11.8 Å². The molecule has 1 radical (unpaired) electrons. The average Bonchev–Trinajstić information content (AvgIpc) is 2.00. The Bertz CT molecular complexity index is 138. The Balaban J connectivity index is 2.20. The zero-order valence-electron chi connectivity index (χ0n) is 10.1. The number of hydrogen-bond donors (Lipinski definition) is 0. The van der Waals surface area contributed by atoms with Gasteiger partial charge in [0.2, 0.25) is 0 Å². The van der Waals surface area contributed by atoms with Crippen LogP contribution < -0.4 is 0 Å². The third kappa shape index (κ3) is 5.95. The van der Waals surface area contributed by atoms with E-state index in [9.17, 15) is 0 Å². The van der Waals surface area contributed by atoms with E-state index in [1.165, 1.54) is 50.7 Å². The van der Waals surface area contributed by atoms with Crippen LogP contribution in [-0.2, 0) is 0 Å². The highest BCUT2D eigenvalue weighted by molar-refractivity contribution is 8.00. The molecule has 0 heterocycles. The monoisotopic (exact) mass is 213 g/mol. The largest absolute Gasteiger partial charge is 0.155 e. The molecule has 1 saturated carbocycles. The Kier molecular flexibility index (Phi) is 5.36. The molecule has 0 atom stereocenters. The predicted octanol–water partition coefficient (Wildman–Crippen LogP) is 4.84. The van der Waals surface area contributed by atoms with Crippen LogP contribution in [0.15, 0.2) is 0 Å². The lowest BCUT2D eigenvalue weighted by Crippen LogP contribution is -2.13. The van der Waals surface area contributed by atoms with Crippen molar-refractivity contribution in [3.8, 4) is 0 Å².